The average Bonchev–Trinajstić information content (AvgIpc) is 1.79. The zero-order valence-electron chi connectivity index (χ0n) is 8.79. The predicted octanol–water partition coefficient (Wildman–Crippen LogP) is -13.8. The van der Waals surface area contributed by atoms with Gasteiger partial charge in [0.2, 0.25) is 0 Å². The van der Waals surface area contributed by atoms with Crippen LogP contribution in [0.3, 0.4) is 0 Å². The van der Waals surface area contributed by atoms with Crippen LogP contribution < -0.4 is 127 Å². The minimum absolute atomic E-state index is 0. The van der Waals surface area contributed by atoms with E-state index in [4.69, 9.17) is 40.5 Å². The Hall–Kier alpha value is 5.11. The quantitative estimate of drug-likeness (QED) is 0.207. The number of hydrogen-bond donors (Lipinski definition) is 0. The second kappa shape index (κ2) is 27.0. The molecule has 92 valence electrons. The molecular formula is K2O12U2V2. The van der Waals surface area contributed by atoms with Crippen LogP contribution in [0.1, 0.15) is 0 Å². The van der Waals surface area contributed by atoms with E-state index in [-0.39, 0.29) is 103 Å². The molecule has 18 heteroatoms. The van der Waals surface area contributed by atoms with Crippen molar-refractivity contribution >= 4 is 0 Å². The number of rotatable bonds is 0. The van der Waals surface area contributed by atoms with E-state index < -0.39 is 85.7 Å². The fourth-order valence-corrected chi connectivity index (χ4v) is 0. The normalized spacial score (nSPS) is 7.44. The van der Waals surface area contributed by atoms with Crippen LogP contribution >= 0.6 is 0 Å². The first-order valence-electron chi connectivity index (χ1n) is 2.28. The van der Waals surface area contributed by atoms with Gasteiger partial charge >= 0.3 is 229 Å². The predicted molar refractivity (Wildman–Crippen MR) is 4.12 cm³/mol. The summed E-state index contributed by atoms with van der Waals surface area (Å²) >= 11 is -16.8. The molecule has 0 rings (SSSR count). The molecule has 0 atom stereocenters. The minimum atomic E-state index is -5.88. The fourth-order valence-electron chi connectivity index (χ4n) is 0. The van der Waals surface area contributed by atoms with Crippen LogP contribution in [0.15, 0.2) is 0 Å². The average molecular weight is 848 g/mol. The molecule has 0 aliphatic carbocycles. The van der Waals surface area contributed by atoms with E-state index in [1.54, 1.807) is 0 Å². The fraction of sp³-hybridized carbons (Fsp3) is 0. The summed E-state index contributed by atoms with van der Waals surface area (Å²) in [7, 11) is 0. The van der Waals surface area contributed by atoms with E-state index in [2.05, 4.69) is 0 Å². The Bertz CT molecular complexity index is 254. The molecule has 0 aromatic rings. The topological polar surface area (TPSA) is 241 Å². The Balaban J connectivity index is -0.0000000265. The third-order valence-corrected chi connectivity index (χ3v) is 0. The maximum absolute atomic E-state index is 8.61. The monoisotopic (exact) mass is 848 g/mol. The van der Waals surface area contributed by atoms with Gasteiger partial charge in [0, 0.05) is 0 Å². The van der Waals surface area contributed by atoms with Crippen molar-refractivity contribution < 1.29 is 229 Å². The van der Waals surface area contributed by atoms with Crippen LogP contribution in [0.4, 0.5) is 0 Å². The first-order chi connectivity index (χ1) is 6.83. The van der Waals surface area contributed by atoms with E-state index >= 15 is 0 Å². The zero-order valence-corrected chi connectivity index (χ0v) is 26.2. The molecule has 0 saturated carbocycles. The van der Waals surface area contributed by atoms with Crippen LogP contribution in [0.25, 0.3) is 0 Å². The molecule has 0 fully saturated rings. The molecule has 0 bridgehead atoms. The molecule has 0 aliphatic heterocycles. The van der Waals surface area contributed by atoms with E-state index in [9.17, 15) is 0 Å². The van der Waals surface area contributed by atoms with Gasteiger partial charge in [0.25, 0.3) is 0 Å². The molecule has 0 spiro atoms. The SMILES string of the molecule is [K+].[K+].[O]=[U+2]=[O].[O]=[U+2]=[O].[O]=[V]([O-])([O-])[O-].[O]=[V]([O-])([O-])[O-]. The molecule has 0 amide bonds. The Morgan fingerprint density at radius 2 is 0.556 bits per heavy atom. The summed E-state index contributed by atoms with van der Waals surface area (Å²) in [6.45, 7) is 0. The first-order valence-corrected chi connectivity index (χ1v) is 13.6. The second-order valence-corrected chi connectivity index (χ2v) is 5.24. The van der Waals surface area contributed by atoms with Gasteiger partial charge in [0.15, 0.2) is 0 Å². The summed E-state index contributed by atoms with van der Waals surface area (Å²) in [4.78, 5) is 0. The van der Waals surface area contributed by atoms with Gasteiger partial charge in [-0.05, 0) is 0 Å². The van der Waals surface area contributed by atoms with Crippen molar-refractivity contribution in [2.45, 2.75) is 0 Å². The van der Waals surface area contributed by atoms with Crippen LogP contribution in [0, 0.1) is 55.6 Å². The van der Waals surface area contributed by atoms with Crippen LogP contribution in [0.2, 0.25) is 0 Å². The van der Waals surface area contributed by atoms with Gasteiger partial charge in [0.1, 0.15) is 0 Å². The molecule has 0 heterocycles. The molecule has 12 nitrogen and oxygen atoms in total. The molecule has 0 aromatic carbocycles. The second-order valence-electron chi connectivity index (χ2n) is 1.06. The van der Waals surface area contributed by atoms with Crippen molar-refractivity contribution in [3.05, 3.63) is 0 Å². The Kier molecular flexibility index (Phi) is 57.8. The van der Waals surface area contributed by atoms with Gasteiger partial charge in [-0.15, -0.1) is 0 Å². The summed E-state index contributed by atoms with van der Waals surface area (Å²) in [6, 6.07) is 0. The first kappa shape index (κ1) is 38.6. The summed E-state index contributed by atoms with van der Waals surface area (Å²) in [5.74, 6) is 0. The van der Waals surface area contributed by atoms with Crippen molar-refractivity contribution in [2.75, 3.05) is 0 Å². The summed E-state index contributed by atoms with van der Waals surface area (Å²) < 4.78 is 103. The Morgan fingerprint density at radius 3 is 0.556 bits per heavy atom. The summed E-state index contributed by atoms with van der Waals surface area (Å²) in [6.07, 6.45) is 0. The van der Waals surface area contributed by atoms with Gasteiger partial charge in [0.05, 0.1) is 0 Å². The third-order valence-electron chi connectivity index (χ3n) is 0. The standard InChI is InChI=1S/2K.12O.2U.2V/q2*+1;;;;;;;6*-1;2*+2;;. The molecule has 0 radical (unpaired) electrons. The summed E-state index contributed by atoms with van der Waals surface area (Å²) in [5, 5.41) is 0. The van der Waals surface area contributed by atoms with Crippen LogP contribution in [0.5, 0.6) is 0 Å². The van der Waals surface area contributed by atoms with E-state index in [0.29, 0.717) is 0 Å². The van der Waals surface area contributed by atoms with Crippen LogP contribution in [-0.4, -0.2) is 0 Å². The van der Waals surface area contributed by atoms with Gasteiger partial charge < -0.3 is 0 Å². The Morgan fingerprint density at radius 1 is 0.556 bits per heavy atom. The molecule has 18 heavy (non-hydrogen) atoms. The molecule has 0 aromatic heterocycles. The van der Waals surface area contributed by atoms with Crippen molar-refractivity contribution in [1.82, 2.24) is 0 Å². The molecule has 0 aliphatic rings. The van der Waals surface area contributed by atoms with Crippen molar-refractivity contribution in [1.29, 1.82) is 0 Å². The Labute approximate surface area is 222 Å². The molecular weight excluding hydrogens is 848 g/mol. The molecule has 0 saturated heterocycles. The zero-order chi connectivity index (χ0) is 14.4. The van der Waals surface area contributed by atoms with Crippen LogP contribution in [-0.2, 0) is 46.3 Å². The van der Waals surface area contributed by atoms with Gasteiger partial charge in [-0.2, -0.15) is 0 Å². The maximum atomic E-state index is 8.61. The van der Waals surface area contributed by atoms with Gasteiger partial charge in [-0.1, -0.05) is 0 Å². The van der Waals surface area contributed by atoms with E-state index in [1.165, 1.54) is 0 Å². The number of hydrogen-bond acceptors (Lipinski definition) is 12. The van der Waals surface area contributed by atoms with E-state index in [1.807, 2.05) is 0 Å². The molecule has 0 N–H and O–H groups in total. The third kappa shape index (κ3) is 327. The van der Waals surface area contributed by atoms with Crippen molar-refractivity contribution in [3.63, 3.8) is 0 Å². The summed E-state index contributed by atoms with van der Waals surface area (Å²) in [5.41, 5.74) is 0. The van der Waals surface area contributed by atoms with Gasteiger partial charge in [-0.25, -0.2) is 0 Å². The van der Waals surface area contributed by atoms with Gasteiger partial charge in [-0.3, -0.25) is 0 Å². The molecule has 0 unspecified atom stereocenters. The van der Waals surface area contributed by atoms with Crippen molar-refractivity contribution in [3.8, 4) is 0 Å². The van der Waals surface area contributed by atoms with Crippen molar-refractivity contribution in [2.24, 2.45) is 0 Å². The van der Waals surface area contributed by atoms with E-state index in [0.717, 1.165) is 0 Å².